The molecule has 4 nitrogen and oxygen atoms in total. The molecule has 0 aliphatic carbocycles. The fraction of sp³-hybridized carbons (Fsp3) is 0.571. The molecule has 1 aliphatic rings. The maximum Gasteiger partial charge on any atom is 0.0585 e. The van der Waals surface area contributed by atoms with Crippen LogP contribution in [0.3, 0.4) is 0 Å². The van der Waals surface area contributed by atoms with Crippen molar-refractivity contribution >= 4 is 27.3 Å². The second kappa shape index (κ2) is 6.11. The largest absolute Gasteiger partial charge is 0.397 e. The Morgan fingerprint density at radius 1 is 1.37 bits per heavy atom. The Balaban J connectivity index is 2.08. The lowest BCUT2D eigenvalue weighted by Gasteiger charge is -2.43. The highest BCUT2D eigenvalue weighted by Gasteiger charge is 2.34. The van der Waals surface area contributed by atoms with E-state index in [2.05, 4.69) is 40.2 Å². The number of halogens is 1. The summed E-state index contributed by atoms with van der Waals surface area (Å²) in [6, 6.07) is 5.90. The summed E-state index contributed by atoms with van der Waals surface area (Å²) in [6.07, 6.45) is 2.09. The number of nitrogens with one attached hydrogen (secondary N) is 1. The Bertz CT molecular complexity index is 431. The number of rotatable bonds is 4. The summed E-state index contributed by atoms with van der Waals surface area (Å²) in [6.45, 7) is 2.53. The van der Waals surface area contributed by atoms with Gasteiger partial charge in [0.1, 0.15) is 0 Å². The van der Waals surface area contributed by atoms with Crippen LogP contribution in [0.15, 0.2) is 22.7 Å². The number of nitrogen functional groups attached to an aromatic ring is 1. The second-order valence-electron chi connectivity index (χ2n) is 5.32. The Morgan fingerprint density at radius 2 is 2.05 bits per heavy atom. The molecule has 0 spiro atoms. The van der Waals surface area contributed by atoms with Crippen molar-refractivity contribution in [3.05, 3.63) is 22.7 Å². The predicted octanol–water partition coefficient (Wildman–Crippen LogP) is 2.55. The van der Waals surface area contributed by atoms with Gasteiger partial charge in [0, 0.05) is 29.8 Å². The topological polar surface area (TPSA) is 50.5 Å². The number of nitrogens with two attached hydrogens (primary N) is 1. The molecule has 0 aromatic heterocycles. The van der Waals surface area contributed by atoms with Crippen molar-refractivity contribution in [3.8, 4) is 0 Å². The molecule has 19 heavy (non-hydrogen) atoms. The standard InChI is InChI=1S/C14H22BrN3O/c1-18(2)14(5-7-19-8-6-14)10-17-13-9-11(15)3-4-12(13)16/h3-4,9,17H,5-8,10,16H2,1-2H3. The zero-order chi connectivity index (χ0) is 13.9. The number of likely N-dealkylation sites (N-methyl/N-ethyl adjacent to an activating group) is 1. The minimum absolute atomic E-state index is 0.146. The van der Waals surface area contributed by atoms with Crippen LogP contribution in [0.25, 0.3) is 0 Å². The molecule has 0 bridgehead atoms. The summed E-state index contributed by atoms with van der Waals surface area (Å²) in [4.78, 5) is 2.30. The molecule has 1 aromatic carbocycles. The summed E-state index contributed by atoms with van der Waals surface area (Å²) >= 11 is 3.48. The molecule has 5 heteroatoms. The fourth-order valence-electron chi connectivity index (χ4n) is 2.47. The van der Waals surface area contributed by atoms with E-state index in [0.29, 0.717) is 0 Å². The van der Waals surface area contributed by atoms with Gasteiger partial charge in [-0.25, -0.2) is 0 Å². The average Bonchev–Trinajstić information content (AvgIpc) is 2.41. The highest BCUT2D eigenvalue weighted by molar-refractivity contribution is 9.10. The van der Waals surface area contributed by atoms with Gasteiger partial charge in [-0.15, -0.1) is 0 Å². The van der Waals surface area contributed by atoms with Crippen molar-refractivity contribution in [2.24, 2.45) is 0 Å². The third-order valence-electron chi connectivity index (χ3n) is 4.00. The van der Waals surface area contributed by atoms with Gasteiger partial charge in [-0.05, 0) is 45.1 Å². The molecule has 0 unspecified atom stereocenters. The number of hydrogen-bond acceptors (Lipinski definition) is 4. The lowest BCUT2D eigenvalue weighted by Crippen LogP contribution is -2.53. The Hall–Kier alpha value is -0.780. The maximum atomic E-state index is 6.00. The van der Waals surface area contributed by atoms with E-state index in [1.54, 1.807) is 0 Å². The van der Waals surface area contributed by atoms with Gasteiger partial charge in [0.25, 0.3) is 0 Å². The first-order valence-corrected chi connectivity index (χ1v) is 7.37. The van der Waals surface area contributed by atoms with Crippen LogP contribution in [-0.4, -0.2) is 44.3 Å². The molecule has 1 saturated heterocycles. The second-order valence-corrected chi connectivity index (χ2v) is 6.23. The molecule has 1 heterocycles. The van der Waals surface area contributed by atoms with E-state index in [1.807, 2.05) is 18.2 Å². The molecule has 2 rings (SSSR count). The molecule has 0 radical (unpaired) electrons. The Kier molecular flexibility index (Phi) is 4.71. The average molecular weight is 328 g/mol. The molecule has 1 fully saturated rings. The first-order chi connectivity index (χ1) is 9.03. The first kappa shape index (κ1) is 14.6. The summed E-state index contributed by atoms with van der Waals surface area (Å²) < 4.78 is 6.52. The number of benzene rings is 1. The lowest BCUT2D eigenvalue weighted by atomic mass is 9.88. The van der Waals surface area contributed by atoms with E-state index in [-0.39, 0.29) is 5.54 Å². The van der Waals surface area contributed by atoms with E-state index >= 15 is 0 Å². The van der Waals surface area contributed by atoms with Gasteiger partial charge in [0.2, 0.25) is 0 Å². The molecular weight excluding hydrogens is 306 g/mol. The third kappa shape index (κ3) is 3.41. The highest BCUT2D eigenvalue weighted by Crippen LogP contribution is 2.29. The number of anilines is 2. The van der Waals surface area contributed by atoms with Crippen LogP contribution >= 0.6 is 15.9 Å². The smallest absolute Gasteiger partial charge is 0.0585 e. The molecule has 1 aromatic rings. The minimum atomic E-state index is 0.146. The Morgan fingerprint density at radius 3 is 2.68 bits per heavy atom. The van der Waals surface area contributed by atoms with Gasteiger partial charge in [-0.3, -0.25) is 0 Å². The van der Waals surface area contributed by atoms with Crippen molar-refractivity contribution in [2.45, 2.75) is 18.4 Å². The van der Waals surface area contributed by atoms with E-state index in [4.69, 9.17) is 10.5 Å². The van der Waals surface area contributed by atoms with Gasteiger partial charge in [-0.1, -0.05) is 15.9 Å². The number of ether oxygens (including phenoxy) is 1. The zero-order valence-corrected chi connectivity index (χ0v) is 13.2. The fourth-order valence-corrected chi connectivity index (χ4v) is 2.84. The van der Waals surface area contributed by atoms with Crippen molar-refractivity contribution in [1.82, 2.24) is 4.90 Å². The molecule has 106 valence electrons. The van der Waals surface area contributed by atoms with Crippen molar-refractivity contribution in [3.63, 3.8) is 0 Å². The van der Waals surface area contributed by atoms with E-state index in [0.717, 1.165) is 48.4 Å². The van der Waals surface area contributed by atoms with Gasteiger partial charge < -0.3 is 20.7 Å². The van der Waals surface area contributed by atoms with Crippen LogP contribution < -0.4 is 11.1 Å². The predicted molar refractivity (Wildman–Crippen MR) is 83.5 cm³/mol. The Labute approximate surface area is 123 Å². The van der Waals surface area contributed by atoms with Crippen LogP contribution in [0.2, 0.25) is 0 Å². The van der Waals surface area contributed by atoms with Crippen LogP contribution in [0, 0.1) is 0 Å². The minimum Gasteiger partial charge on any atom is -0.397 e. The molecular formula is C14H22BrN3O. The van der Waals surface area contributed by atoms with Crippen LogP contribution in [0.4, 0.5) is 11.4 Å². The van der Waals surface area contributed by atoms with Crippen molar-refractivity contribution in [1.29, 1.82) is 0 Å². The number of hydrogen-bond donors (Lipinski definition) is 2. The SMILES string of the molecule is CN(C)C1(CNc2cc(Br)ccc2N)CCOCC1. The number of nitrogens with zero attached hydrogens (tertiary/aromatic N) is 1. The lowest BCUT2D eigenvalue weighted by molar-refractivity contribution is -0.000620. The van der Waals surface area contributed by atoms with Gasteiger partial charge in [0.05, 0.1) is 11.4 Å². The normalized spacial score (nSPS) is 18.5. The van der Waals surface area contributed by atoms with E-state index in [9.17, 15) is 0 Å². The molecule has 0 amide bonds. The van der Waals surface area contributed by atoms with Gasteiger partial charge in [0.15, 0.2) is 0 Å². The van der Waals surface area contributed by atoms with Crippen LogP contribution in [0.1, 0.15) is 12.8 Å². The summed E-state index contributed by atoms with van der Waals surface area (Å²) in [5.74, 6) is 0. The summed E-state index contributed by atoms with van der Waals surface area (Å²) in [5, 5.41) is 3.49. The van der Waals surface area contributed by atoms with Crippen molar-refractivity contribution in [2.75, 3.05) is 44.9 Å². The quantitative estimate of drug-likeness (QED) is 0.834. The summed E-state index contributed by atoms with van der Waals surface area (Å²) in [5.41, 5.74) is 7.92. The monoisotopic (exact) mass is 327 g/mol. The van der Waals surface area contributed by atoms with E-state index in [1.165, 1.54) is 0 Å². The van der Waals surface area contributed by atoms with Gasteiger partial charge in [-0.2, -0.15) is 0 Å². The van der Waals surface area contributed by atoms with Gasteiger partial charge >= 0.3 is 0 Å². The molecule has 3 N–H and O–H groups in total. The molecule has 0 saturated carbocycles. The molecule has 1 aliphatic heterocycles. The van der Waals surface area contributed by atoms with Crippen molar-refractivity contribution < 1.29 is 4.74 Å². The zero-order valence-electron chi connectivity index (χ0n) is 11.6. The summed E-state index contributed by atoms with van der Waals surface area (Å²) in [7, 11) is 4.27. The third-order valence-corrected chi connectivity index (χ3v) is 4.49. The molecule has 0 atom stereocenters. The maximum absolute atomic E-state index is 6.00. The first-order valence-electron chi connectivity index (χ1n) is 6.58. The van der Waals surface area contributed by atoms with Crippen LogP contribution in [0.5, 0.6) is 0 Å². The van der Waals surface area contributed by atoms with E-state index < -0.39 is 0 Å². The van der Waals surface area contributed by atoms with Crippen LogP contribution in [-0.2, 0) is 4.74 Å². The highest BCUT2D eigenvalue weighted by atomic mass is 79.9.